The van der Waals surface area contributed by atoms with Crippen LogP contribution in [0.1, 0.15) is 41.9 Å². The van der Waals surface area contributed by atoms with E-state index in [0.717, 1.165) is 5.69 Å². The highest BCUT2D eigenvalue weighted by atomic mass is 32.1. The molecule has 0 aliphatic heterocycles. The average Bonchev–Trinajstić information content (AvgIpc) is 2.99. The lowest BCUT2D eigenvalue weighted by Gasteiger charge is -2.27. The van der Waals surface area contributed by atoms with Crippen LogP contribution in [0.4, 0.5) is 0 Å². The third-order valence-electron chi connectivity index (χ3n) is 3.81. The van der Waals surface area contributed by atoms with Crippen LogP contribution in [0.5, 0.6) is 0 Å². The fourth-order valence-electron chi connectivity index (χ4n) is 2.94. The molecule has 0 atom stereocenters. The number of hydrogen-bond acceptors (Lipinski definition) is 2. The van der Waals surface area contributed by atoms with Crippen molar-refractivity contribution in [2.75, 3.05) is 0 Å². The van der Waals surface area contributed by atoms with Gasteiger partial charge in [0.1, 0.15) is 5.01 Å². The lowest BCUT2D eigenvalue weighted by molar-refractivity contribution is 0.531. The van der Waals surface area contributed by atoms with Crippen molar-refractivity contribution in [2.24, 2.45) is 0 Å². The third-order valence-corrected chi connectivity index (χ3v) is 4.98. The Balaban J connectivity index is 2.11. The van der Waals surface area contributed by atoms with Gasteiger partial charge in [0.05, 0.1) is 0 Å². The molecule has 17 heavy (non-hydrogen) atoms. The Labute approximate surface area is 107 Å². The zero-order valence-electron chi connectivity index (χ0n) is 10.1. The molecule has 0 unspecified atom stereocenters. The molecule has 1 nitrogen and oxygen atoms in total. The highest BCUT2D eigenvalue weighted by molar-refractivity contribution is 7.09. The van der Waals surface area contributed by atoms with Gasteiger partial charge in [0.2, 0.25) is 0 Å². The van der Waals surface area contributed by atoms with Crippen molar-refractivity contribution in [1.82, 2.24) is 4.98 Å². The summed E-state index contributed by atoms with van der Waals surface area (Å²) in [7, 11) is 0. The van der Waals surface area contributed by atoms with Crippen molar-refractivity contribution in [3.8, 4) is 0 Å². The number of thiazole rings is 1. The van der Waals surface area contributed by atoms with E-state index >= 15 is 0 Å². The summed E-state index contributed by atoms with van der Waals surface area (Å²) in [6.45, 7) is 2.09. The van der Waals surface area contributed by atoms with E-state index in [1.807, 2.05) is 11.3 Å². The molecule has 0 spiro atoms. The van der Waals surface area contributed by atoms with Gasteiger partial charge in [0, 0.05) is 16.5 Å². The summed E-state index contributed by atoms with van der Waals surface area (Å²) in [4.78, 5) is 4.76. The molecule has 1 saturated carbocycles. The van der Waals surface area contributed by atoms with Crippen LogP contribution in [0.15, 0.2) is 35.7 Å². The lowest BCUT2D eigenvalue weighted by atomic mass is 9.79. The maximum atomic E-state index is 4.76. The summed E-state index contributed by atoms with van der Waals surface area (Å²) in [5, 5.41) is 3.50. The molecule has 2 aromatic rings. The Morgan fingerprint density at radius 3 is 2.41 bits per heavy atom. The van der Waals surface area contributed by atoms with Gasteiger partial charge in [-0.2, -0.15) is 0 Å². The third kappa shape index (κ3) is 1.81. The minimum atomic E-state index is 0.209. The first-order valence-corrected chi connectivity index (χ1v) is 7.17. The Bertz CT molecular complexity index is 495. The highest BCUT2D eigenvalue weighted by Gasteiger charge is 2.39. The first-order chi connectivity index (χ1) is 8.31. The van der Waals surface area contributed by atoms with Crippen LogP contribution in [0, 0.1) is 6.92 Å². The molecule has 1 heterocycles. The largest absolute Gasteiger partial charge is 0.246 e. The fourth-order valence-corrected chi connectivity index (χ4v) is 4.01. The number of benzene rings is 1. The van der Waals surface area contributed by atoms with Crippen LogP contribution in [0.2, 0.25) is 0 Å². The summed E-state index contributed by atoms with van der Waals surface area (Å²) >= 11 is 1.83. The van der Waals surface area contributed by atoms with E-state index in [-0.39, 0.29) is 5.41 Å². The summed E-state index contributed by atoms with van der Waals surface area (Å²) in [5.41, 5.74) is 2.82. The maximum Gasteiger partial charge on any atom is 0.103 e. The highest BCUT2D eigenvalue weighted by Crippen LogP contribution is 2.47. The Kier molecular flexibility index (Phi) is 2.75. The van der Waals surface area contributed by atoms with Gasteiger partial charge in [-0.25, -0.2) is 4.98 Å². The van der Waals surface area contributed by atoms with Gasteiger partial charge >= 0.3 is 0 Å². The van der Waals surface area contributed by atoms with Crippen molar-refractivity contribution >= 4 is 11.3 Å². The lowest BCUT2D eigenvalue weighted by Crippen LogP contribution is -2.23. The second-order valence-corrected chi connectivity index (χ2v) is 5.81. The molecule has 0 bridgehead atoms. The van der Waals surface area contributed by atoms with Gasteiger partial charge in [0.15, 0.2) is 0 Å². The predicted molar refractivity (Wildman–Crippen MR) is 72.5 cm³/mol. The van der Waals surface area contributed by atoms with Crippen molar-refractivity contribution in [2.45, 2.75) is 38.0 Å². The van der Waals surface area contributed by atoms with Gasteiger partial charge in [-0.05, 0) is 25.3 Å². The smallest absolute Gasteiger partial charge is 0.103 e. The van der Waals surface area contributed by atoms with E-state index in [4.69, 9.17) is 4.98 Å². The summed E-state index contributed by atoms with van der Waals surface area (Å²) in [6, 6.07) is 10.9. The first kappa shape index (κ1) is 11.0. The van der Waals surface area contributed by atoms with Crippen LogP contribution in [0.25, 0.3) is 0 Å². The first-order valence-electron chi connectivity index (χ1n) is 6.29. The molecule has 0 saturated heterocycles. The van der Waals surface area contributed by atoms with Crippen LogP contribution < -0.4 is 0 Å². The normalized spacial score (nSPS) is 18.4. The van der Waals surface area contributed by atoms with Crippen molar-refractivity contribution in [3.63, 3.8) is 0 Å². The SMILES string of the molecule is Cc1csc(C2(c3ccccc3)CCCC2)n1. The second kappa shape index (κ2) is 4.26. The van der Waals surface area contributed by atoms with Crippen molar-refractivity contribution in [1.29, 1.82) is 0 Å². The molecule has 0 amide bonds. The molecule has 0 N–H and O–H groups in total. The molecule has 1 aromatic heterocycles. The zero-order valence-corrected chi connectivity index (χ0v) is 11.0. The molecular weight excluding hydrogens is 226 g/mol. The molecule has 1 aliphatic carbocycles. The predicted octanol–water partition coefficient (Wildman–Crippen LogP) is 4.31. The number of nitrogens with zero attached hydrogens (tertiary/aromatic N) is 1. The number of rotatable bonds is 2. The number of hydrogen-bond donors (Lipinski definition) is 0. The fraction of sp³-hybridized carbons (Fsp3) is 0.400. The molecule has 0 radical (unpaired) electrons. The molecule has 3 rings (SSSR count). The zero-order chi connectivity index (χ0) is 11.7. The molecule has 2 heteroatoms. The summed E-state index contributed by atoms with van der Waals surface area (Å²) < 4.78 is 0. The summed E-state index contributed by atoms with van der Waals surface area (Å²) in [5.74, 6) is 0. The Morgan fingerprint density at radius 1 is 1.12 bits per heavy atom. The molecule has 1 aliphatic rings. The topological polar surface area (TPSA) is 12.9 Å². The van der Waals surface area contributed by atoms with Gasteiger partial charge in [-0.1, -0.05) is 43.2 Å². The van der Waals surface area contributed by atoms with Crippen molar-refractivity contribution in [3.05, 3.63) is 52.0 Å². The van der Waals surface area contributed by atoms with Crippen LogP contribution in [-0.4, -0.2) is 4.98 Å². The monoisotopic (exact) mass is 243 g/mol. The minimum Gasteiger partial charge on any atom is -0.246 e. The summed E-state index contributed by atoms with van der Waals surface area (Å²) in [6.07, 6.45) is 5.16. The Morgan fingerprint density at radius 2 is 1.82 bits per heavy atom. The quantitative estimate of drug-likeness (QED) is 0.766. The molecule has 1 fully saturated rings. The molecule has 1 aromatic carbocycles. The van der Waals surface area contributed by atoms with Crippen LogP contribution >= 0.6 is 11.3 Å². The van der Waals surface area contributed by atoms with E-state index < -0.39 is 0 Å². The molecular formula is C15H17NS. The van der Waals surface area contributed by atoms with Gasteiger partial charge in [-0.3, -0.25) is 0 Å². The van der Waals surface area contributed by atoms with E-state index in [2.05, 4.69) is 42.6 Å². The minimum absolute atomic E-state index is 0.209. The van der Waals surface area contributed by atoms with Gasteiger partial charge < -0.3 is 0 Å². The van der Waals surface area contributed by atoms with E-state index in [1.165, 1.54) is 36.3 Å². The van der Waals surface area contributed by atoms with Crippen LogP contribution in [-0.2, 0) is 5.41 Å². The van der Waals surface area contributed by atoms with Crippen LogP contribution in [0.3, 0.4) is 0 Å². The maximum absolute atomic E-state index is 4.76. The standard InChI is InChI=1S/C15H17NS/c1-12-11-17-14(16-12)15(9-5-6-10-15)13-7-3-2-4-8-13/h2-4,7-8,11H,5-6,9-10H2,1H3. The van der Waals surface area contributed by atoms with E-state index in [0.29, 0.717) is 0 Å². The second-order valence-electron chi connectivity index (χ2n) is 4.95. The number of aryl methyl sites for hydroxylation is 1. The average molecular weight is 243 g/mol. The number of aromatic nitrogens is 1. The van der Waals surface area contributed by atoms with E-state index in [1.54, 1.807) is 0 Å². The molecule has 88 valence electrons. The van der Waals surface area contributed by atoms with E-state index in [9.17, 15) is 0 Å². The van der Waals surface area contributed by atoms with Gasteiger partial charge in [0.25, 0.3) is 0 Å². The Hall–Kier alpha value is -1.15. The van der Waals surface area contributed by atoms with Crippen molar-refractivity contribution < 1.29 is 0 Å². The van der Waals surface area contributed by atoms with Gasteiger partial charge in [-0.15, -0.1) is 11.3 Å².